The summed E-state index contributed by atoms with van der Waals surface area (Å²) in [5, 5.41) is 0. The zero-order chi connectivity index (χ0) is 16.4. The number of imidazole rings is 2. The molecule has 0 bridgehead atoms. The van der Waals surface area contributed by atoms with Crippen LogP contribution in [0.15, 0.2) is 49.1 Å². The molecular weight excluding hydrogens is 305 g/mol. The van der Waals surface area contributed by atoms with Gasteiger partial charge in [0.25, 0.3) is 0 Å². The van der Waals surface area contributed by atoms with Crippen molar-refractivity contribution in [3.05, 3.63) is 60.2 Å². The van der Waals surface area contributed by atoms with E-state index in [4.69, 9.17) is 0 Å². The van der Waals surface area contributed by atoms with E-state index in [9.17, 15) is 13.2 Å². The van der Waals surface area contributed by atoms with Crippen LogP contribution in [-0.4, -0.2) is 19.1 Å². The maximum Gasteiger partial charge on any atom is 0.416 e. The molecule has 0 saturated carbocycles. The average Bonchev–Trinajstić information content (AvgIpc) is 3.14. The van der Waals surface area contributed by atoms with Crippen molar-refractivity contribution in [1.82, 2.24) is 19.1 Å². The minimum absolute atomic E-state index is 0.0849. The monoisotopic (exact) mass is 320 g/mol. The fourth-order valence-corrected chi connectivity index (χ4v) is 2.53. The molecule has 0 saturated heterocycles. The normalized spacial score (nSPS) is 11.8. The Balaban J connectivity index is 1.99. The molecule has 2 heterocycles. The zero-order valence-corrected chi connectivity index (χ0v) is 12.5. The lowest BCUT2D eigenvalue weighted by Crippen LogP contribution is -2.12. The summed E-state index contributed by atoms with van der Waals surface area (Å²) >= 11 is 0. The molecule has 0 aliphatic heterocycles. The van der Waals surface area contributed by atoms with E-state index >= 15 is 0 Å². The van der Waals surface area contributed by atoms with E-state index in [-0.39, 0.29) is 12.1 Å². The number of benzene rings is 1. The molecule has 23 heavy (non-hydrogen) atoms. The highest BCUT2D eigenvalue weighted by atomic mass is 19.4. The highest BCUT2D eigenvalue weighted by Gasteiger charge is 2.33. The average molecular weight is 320 g/mol. The van der Waals surface area contributed by atoms with Crippen LogP contribution >= 0.6 is 0 Å². The quantitative estimate of drug-likeness (QED) is 0.732. The molecule has 2 aromatic heterocycles. The lowest BCUT2D eigenvalue weighted by molar-refractivity contribution is -0.138. The number of rotatable bonds is 4. The van der Waals surface area contributed by atoms with Gasteiger partial charge in [-0.25, -0.2) is 9.97 Å². The largest absolute Gasteiger partial charge is 0.416 e. The first-order chi connectivity index (χ1) is 11.0. The van der Waals surface area contributed by atoms with E-state index in [1.807, 2.05) is 17.7 Å². The topological polar surface area (TPSA) is 35.6 Å². The molecule has 3 rings (SSSR count). The predicted octanol–water partition coefficient (Wildman–Crippen LogP) is 3.83. The number of aromatic nitrogens is 4. The Morgan fingerprint density at radius 2 is 1.57 bits per heavy atom. The predicted molar refractivity (Wildman–Crippen MR) is 79.7 cm³/mol. The summed E-state index contributed by atoms with van der Waals surface area (Å²) in [4.78, 5) is 8.51. The first kappa shape index (κ1) is 15.3. The summed E-state index contributed by atoms with van der Waals surface area (Å²) in [5.74, 6) is 1.19. The zero-order valence-electron chi connectivity index (χ0n) is 12.5. The summed E-state index contributed by atoms with van der Waals surface area (Å²) in [6.07, 6.45) is 2.33. The molecule has 0 atom stereocenters. The van der Waals surface area contributed by atoms with Crippen LogP contribution < -0.4 is 0 Å². The third kappa shape index (κ3) is 2.99. The first-order valence-electron chi connectivity index (χ1n) is 7.18. The van der Waals surface area contributed by atoms with Crippen LogP contribution in [0.2, 0.25) is 0 Å². The molecule has 1 aromatic carbocycles. The van der Waals surface area contributed by atoms with Gasteiger partial charge in [-0.3, -0.25) is 0 Å². The van der Waals surface area contributed by atoms with Gasteiger partial charge in [-0.05, 0) is 18.6 Å². The van der Waals surface area contributed by atoms with E-state index < -0.39 is 11.7 Å². The Bertz CT molecular complexity index is 802. The Kier molecular flexibility index (Phi) is 3.94. The van der Waals surface area contributed by atoms with Crippen molar-refractivity contribution in [3.63, 3.8) is 0 Å². The van der Waals surface area contributed by atoms with Crippen molar-refractivity contribution in [3.8, 4) is 11.6 Å². The third-order valence-electron chi connectivity index (χ3n) is 3.64. The number of hydrogen-bond donors (Lipinski definition) is 0. The minimum Gasteiger partial charge on any atom is -0.329 e. The van der Waals surface area contributed by atoms with Gasteiger partial charge in [0, 0.05) is 37.9 Å². The van der Waals surface area contributed by atoms with E-state index in [0.717, 1.165) is 6.07 Å². The van der Waals surface area contributed by atoms with E-state index in [1.165, 1.54) is 12.1 Å². The second-order valence-corrected chi connectivity index (χ2v) is 5.07. The van der Waals surface area contributed by atoms with Gasteiger partial charge < -0.3 is 9.13 Å². The SMILES string of the molecule is CCn1ccnc1-c1nccn1Cc1ccccc1C(F)(F)F. The molecule has 4 nitrogen and oxygen atoms in total. The standard InChI is InChI=1S/C16H15F3N4/c1-2-22-9-7-20-14(22)15-21-8-10-23(15)11-12-5-3-4-6-13(12)16(17,18)19/h3-10H,2,11H2,1H3. The summed E-state index contributed by atoms with van der Waals surface area (Å²) in [5.41, 5.74) is -0.424. The number of nitrogens with zero attached hydrogens (tertiary/aromatic N) is 4. The fraction of sp³-hybridized carbons (Fsp3) is 0.250. The van der Waals surface area contributed by atoms with Crippen LogP contribution in [0.25, 0.3) is 11.6 Å². The van der Waals surface area contributed by atoms with Crippen molar-refractivity contribution in [1.29, 1.82) is 0 Å². The van der Waals surface area contributed by atoms with Gasteiger partial charge in [0.05, 0.1) is 5.56 Å². The smallest absolute Gasteiger partial charge is 0.329 e. The third-order valence-corrected chi connectivity index (χ3v) is 3.64. The summed E-state index contributed by atoms with van der Waals surface area (Å²) in [6.45, 7) is 2.76. The van der Waals surface area contributed by atoms with Crippen LogP contribution in [0.4, 0.5) is 13.2 Å². The molecule has 0 amide bonds. The van der Waals surface area contributed by atoms with Crippen molar-refractivity contribution in [2.24, 2.45) is 0 Å². The number of aryl methyl sites for hydroxylation is 1. The summed E-state index contributed by atoms with van der Waals surface area (Å²) in [7, 11) is 0. The molecule has 0 fully saturated rings. The first-order valence-corrected chi connectivity index (χ1v) is 7.18. The van der Waals surface area contributed by atoms with E-state index in [2.05, 4.69) is 9.97 Å². The van der Waals surface area contributed by atoms with Crippen molar-refractivity contribution in [2.45, 2.75) is 26.2 Å². The van der Waals surface area contributed by atoms with Crippen molar-refractivity contribution >= 4 is 0 Å². The van der Waals surface area contributed by atoms with Gasteiger partial charge >= 0.3 is 6.18 Å². The molecule has 3 aromatic rings. The van der Waals surface area contributed by atoms with Crippen LogP contribution in [0.3, 0.4) is 0 Å². The lowest BCUT2D eigenvalue weighted by Gasteiger charge is -2.14. The number of hydrogen-bond acceptors (Lipinski definition) is 2. The second-order valence-electron chi connectivity index (χ2n) is 5.07. The maximum atomic E-state index is 13.1. The molecule has 0 radical (unpaired) electrons. The molecule has 0 N–H and O–H groups in total. The van der Waals surface area contributed by atoms with Gasteiger partial charge in [0.15, 0.2) is 11.6 Å². The Morgan fingerprint density at radius 3 is 2.22 bits per heavy atom. The van der Waals surface area contributed by atoms with Gasteiger partial charge in [-0.15, -0.1) is 0 Å². The number of halogens is 3. The number of alkyl halides is 3. The highest BCUT2D eigenvalue weighted by molar-refractivity contribution is 5.45. The van der Waals surface area contributed by atoms with E-state index in [0.29, 0.717) is 18.2 Å². The van der Waals surface area contributed by atoms with Crippen molar-refractivity contribution < 1.29 is 13.2 Å². The van der Waals surface area contributed by atoms with Crippen molar-refractivity contribution in [2.75, 3.05) is 0 Å². The molecule has 0 spiro atoms. The van der Waals surface area contributed by atoms with Crippen LogP contribution in [0.1, 0.15) is 18.1 Å². The molecule has 0 unspecified atom stereocenters. The molecule has 7 heteroatoms. The van der Waals surface area contributed by atoms with Gasteiger partial charge in [-0.1, -0.05) is 18.2 Å². The molecule has 0 aliphatic carbocycles. The van der Waals surface area contributed by atoms with E-state index in [1.54, 1.807) is 29.2 Å². The Morgan fingerprint density at radius 1 is 0.957 bits per heavy atom. The van der Waals surface area contributed by atoms with Gasteiger partial charge in [-0.2, -0.15) is 13.2 Å². The summed E-state index contributed by atoms with van der Waals surface area (Å²) < 4.78 is 43.0. The Labute approximate surface area is 131 Å². The highest BCUT2D eigenvalue weighted by Crippen LogP contribution is 2.32. The minimum atomic E-state index is -4.38. The van der Waals surface area contributed by atoms with Gasteiger partial charge in [0.2, 0.25) is 0 Å². The van der Waals surface area contributed by atoms with Crippen LogP contribution in [0, 0.1) is 0 Å². The molecule has 0 aliphatic rings. The summed E-state index contributed by atoms with van der Waals surface area (Å²) in [6, 6.07) is 5.58. The van der Waals surface area contributed by atoms with Gasteiger partial charge in [0.1, 0.15) is 0 Å². The van der Waals surface area contributed by atoms with Crippen LogP contribution in [0.5, 0.6) is 0 Å². The maximum absolute atomic E-state index is 13.1. The molecule has 120 valence electrons. The second kappa shape index (κ2) is 5.91. The van der Waals surface area contributed by atoms with Crippen LogP contribution in [-0.2, 0) is 19.3 Å². The fourth-order valence-electron chi connectivity index (χ4n) is 2.53. The Hall–Kier alpha value is -2.57. The lowest BCUT2D eigenvalue weighted by atomic mass is 10.1. The molecular formula is C16H15F3N4.